The van der Waals surface area contributed by atoms with Gasteiger partial charge < -0.3 is 18.9 Å². The van der Waals surface area contributed by atoms with Crippen LogP contribution >= 0.6 is 0 Å². The Morgan fingerprint density at radius 3 is 1.94 bits per heavy atom. The molecule has 8 nitrogen and oxygen atoms in total. The Balaban J connectivity index is 3.54. The van der Waals surface area contributed by atoms with Gasteiger partial charge in [-0.15, -0.1) is 0 Å². The number of hydrogen-bond acceptors (Lipinski definition) is 8. The van der Waals surface area contributed by atoms with Crippen LogP contribution in [-0.4, -0.2) is 44.0 Å². The summed E-state index contributed by atoms with van der Waals surface area (Å²) in [5.74, 6) is -2.99. The van der Waals surface area contributed by atoms with Crippen LogP contribution in [0.3, 0.4) is 0 Å². The highest BCUT2D eigenvalue weighted by molar-refractivity contribution is 6.26. The molecule has 0 heterocycles. The highest BCUT2D eigenvalue weighted by atomic mass is 16.6. The van der Waals surface area contributed by atoms with Gasteiger partial charge in [0.2, 0.25) is 5.41 Å². The first-order chi connectivity index (χ1) is 15.3. The molecule has 0 aliphatic heterocycles. The summed E-state index contributed by atoms with van der Waals surface area (Å²) in [5, 5.41) is 0. The number of rotatable bonds is 14. The van der Waals surface area contributed by atoms with Crippen molar-refractivity contribution in [1.82, 2.24) is 0 Å². The molecular weight excluding hydrogens is 416 g/mol. The predicted octanol–water partition coefficient (Wildman–Crippen LogP) is 3.91. The molecule has 1 rings (SSSR count). The lowest BCUT2D eigenvalue weighted by molar-refractivity contribution is -0.167. The van der Waals surface area contributed by atoms with E-state index in [0.717, 1.165) is 25.7 Å². The molecular formula is C24H34O8. The Bertz CT molecular complexity index is 781. The van der Waals surface area contributed by atoms with Crippen molar-refractivity contribution in [1.29, 1.82) is 0 Å². The van der Waals surface area contributed by atoms with Crippen LogP contribution in [0.4, 0.5) is 0 Å². The van der Waals surface area contributed by atoms with Crippen LogP contribution in [0.2, 0.25) is 0 Å². The first-order valence-corrected chi connectivity index (χ1v) is 11.0. The van der Waals surface area contributed by atoms with Gasteiger partial charge in [0.25, 0.3) is 0 Å². The second-order valence-corrected chi connectivity index (χ2v) is 7.24. The lowest BCUT2D eigenvalue weighted by Crippen LogP contribution is -2.52. The van der Waals surface area contributed by atoms with Gasteiger partial charge >= 0.3 is 17.9 Å². The largest absolute Gasteiger partial charge is 0.493 e. The normalized spacial score (nSPS) is 10.9. The zero-order valence-corrected chi connectivity index (χ0v) is 19.7. The van der Waals surface area contributed by atoms with Crippen molar-refractivity contribution in [3.05, 3.63) is 23.8 Å². The van der Waals surface area contributed by atoms with E-state index in [4.69, 9.17) is 18.9 Å². The summed E-state index contributed by atoms with van der Waals surface area (Å²) in [7, 11) is 1.35. The maximum Gasteiger partial charge on any atom is 0.335 e. The molecule has 0 N–H and O–H groups in total. The average Bonchev–Trinajstić information content (AvgIpc) is 2.75. The van der Waals surface area contributed by atoms with Crippen LogP contribution in [0.1, 0.15) is 71.8 Å². The summed E-state index contributed by atoms with van der Waals surface area (Å²) in [6.07, 6.45) is 4.40. The first kappa shape index (κ1) is 27.1. The lowest BCUT2D eigenvalue weighted by Gasteiger charge is -2.29. The van der Waals surface area contributed by atoms with Crippen LogP contribution in [-0.2, 0) is 34.1 Å². The van der Waals surface area contributed by atoms with Gasteiger partial charge in [0.15, 0.2) is 17.3 Å². The van der Waals surface area contributed by atoms with Crippen LogP contribution in [0, 0.1) is 0 Å². The third-order valence-corrected chi connectivity index (χ3v) is 4.94. The first-order valence-electron chi connectivity index (χ1n) is 11.0. The summed E-state index contributed by atoms with van der Waals surface area (Å²) < 4.78 is 20.7. The molecule has 8 heteroatoms. The van der Waals surface area contributed by atoms with Crippen LogP contribution in [0.5, 0.6) is 11.5 Å². The van der Waals surface area contributed by atoms with Gasteiger partial charge in [-0.3, -0.25) is 9.59 Å². The van der Waals surface area contributed by atoms with Crippen molar-refractivity contribution in [2.24, 2.45) is 0 Å². The van der Waals surface area contributed by atoms with E-state index in [-0.39, 0.29) is 36.7 Å². The number of methoxy groups -OCH3 is 1. The SMILES string of the molecule is CCCCCCCC(=O)C(C(=O)OCC)(C(=O)OCC)c1ccc(OC(C)=O)c(OC)c1. The fourth-order valence-electron chi connectivity index (χ4n) is 3.40. The van der Waals surface area contributed by atoms with Gasteiger partial charge in [-0.2, -0.15) is 0 Å². The molecule has 0 spiro atoms. The molecule has 0 radical (unpaired) electrons. The van der Waals surface area contributed by atoms with Crippen molar-refractivity contribution in [2.75, 3.05) is 20.3 Å². The number of ketones is 1. The standard InChI is InChI=1S/C24H34O8/c1-6-9-10-11-12-13-21(26)24(22(27)30-7-2,23(28)31-8-3)18-14-15-19(32-17(4)25)20(16-18)29-5/h14-16H,6-13H2,1-5H3. The van der Waals surface area contributed by atoms with Crippen molar-refractivity contribution >= 4 is 23.7 Å². The quantitative estimate of drug-likeness (QED) is 0.182. The van der Waals surface area contributed by atoms with E-state index < -0.39 is 29.1 Å². The van der Waals surface area contributed by atoms with E-state index in [1.54, 1.807) is 13.8 Å². The second kappa shape index (κ2) is 13.5. The maximum absolute atomic E-state index is 13.5. The van der Waals surface area contributed by atoms with Crippen molar-refractivity contribution in [3.63, 3.8) is 0 Å². The fourth-order valence-corrected chi connectivity index (χ4v) is 3.40. The van der Waals surface area contributed by atoms with E-state index in [1.165, 1.54) is 32.2 Å². The maximum atomic E-state index is 13.5. The number of carbonyl (C=O) groups excluding carboxylic acids is 4. The lowest BCUT2D eigenvalue weighted by atomic mass is 9.74. The smallest absolute Gasteiger partial charge is 0.335 e. The molecule has 0 aliphatic rings. The topological polar surface area (TPSA) is 105 Å². The van der Waals surface area contributed by atoms with Crippen LogP contribution < -0.4 is 9.47 Å². The van der Waals surface area contributed by atoms with Gasteiger partial charge in [-0.05, 0) is 38.0 Å². The highest BCUT2D eigenvalue weighted by Crippen LogP contribution is 2.37. The Kier molecular flexibility index (Phi) is 11.4. The van der Waals surface area contributed by atoms with Crippen molar-refractivity contribution in [3.8, 4) is 11.5 Å². The number of ether oxygens (including phenoxy) is 4. The fraction of sp³-hybridized carbons (Fsp3) is 0.583. The minimum atomic E-state index is -2.29. The second-order valence-electron chi connectivity index (χ2n) is 7.24. The zero-order valence-electron chi connectivity index (χ0n) is 19.7. The number of esters is 3. The molecule has 0 fully saturated rings. The monoisotopic (exact) mass is 450 g/mol. The molecule has 0 atom stereocenters. The Labute approximate surface area is 189 Å². The number of carbonyl (C=O) groups is 4. The Morgan fingerprint density at radius 2 is 1.44 bits per heavy atom. The van der Waals surface area contributed by atoms with Crippen LogP contribution in [0.15, 0.2) is 18.2 Å². The number of unbranched alkanes of at least 4 members (excludes halogenated alkanes) is 4. The summed E-state index contributed by atoms with van der Waals surface area (Å²) in [5.41, 5.74) is -2.25. The third kappa shape index (κ3) is 6.55. The van der Waals surface area contributed by atoms with E-state index in [0.29, 0.717) is 6.42 Å². The molecule has 1 aromatic carbocycles. The van der Waals surface area contributed by atoms with E-state index in [2.05, 4.69) is 6.92 Å². The van der Waals surface area contributed by atoms with Gasteiger partial charge in [0.05, 0.1) is 20.3 Å². The van der Waals surface area contributed by atoms with E-state index in [1.807, 2.05) is 0 Å². The molecule has 0 saturated carbocycles. The van der Waals surface area contributed by atoms with Crippen LogP contribution in [0.25, 0.3) is 0 Å². The summed E-state index contributed by atoms with van der Waals surface area (Å²) in [6, 6.07) is 4.09. The minimum absolute atomic E-state index is 0.00928. The minimum Gasteiger partial charge on any atom is -0.493 e. The van der Waals surface area contributed by atoms with E-state index >= 15 is 0 Å². The third-order valence-electron chi connectivity index (χ3n) is 4.94. The summed E-state index contributed by atoms with van der Waals surface area (Å²) in [6.45, 7) is 6.46. The molecule has 0 bridgehead atoms. The van der Waals surface area contributed by atoms with E-state index in [9.17, 15) is 19.2 Å². The summed E-state index contributed by atoms with van der Waals surface area (Å²) in [4.78, 5) is 51.1. The molecule has 178 valence electrons. The molecule has 0 unspecified atom stereocenters. The molecule has 0 aromatic heterocycles. The van der Waals surface area contributed by atoms with Gasteiger partial charge in [0.1, 0.15) is 0 Å². The Morgan fingerprint density at radius 1 is 0.844 bits per heavy atom. The Hall–Kier alpha value is -2.90. The number of benzene rings is 1. The van der Waals surface area contributed by atoms with Crippen molar-refractivity contribution in [2.45, 2.75) is 71.6 Å². The van der Waals surface area contributed by atoms with Gasteiger partial charge in [0, 0.05) is 13.3 Å². The zero-order chi connectivity index (χ0) is 24.1. The predicted molar refractivity (Wildman–Crippen MR) is 118 cm³/mol. The molecule has 32 heavy (non-hydrogen) atoms. The molecule has 0 aliphatic carbocycles. The molecule has 0 amide bonds. The van der Waals surface area contributed by atoms with Crippen molar-refractivity contribution < 1.29 is 38.1 Å². The molecule has 0 saturated heterocycles. The molecule has 1 aromatic rings. The highest BCUT2D eigenvalue weighted by Gasteiger charge is 2.56. The number of hydrogen-bond donors (Lipinski definition) is 0. The van der Waals surface area contributed by atoms with Gasteiger partial charge in [-0.1, -0.05) is 38.7 Å². The van der Waals surface area contributed by atoms with Gasteiger partial charge in [-0.25, -0.2) is 9.59 Å². The number of Topliss-reactive ketones (excluding diaryl/α,β-unsaturated/α-hetero) is 1. The average molecular weight is 451 g/mol. The summed E-state index contributed by atoms with van der Waals surface area (Å²) >= 11 is 0.